The quantitative estimate of drug-likeness (QED) is 0.406. The molecule has 0 unspecified atom stereocenters. The highest BCUT2D eigenvalue weighted by Crippen LogP contribution is 2.33. The highest BCUT2D eigenvalue weighted by molar-refractivity contribution is 6.35. The van der Waals surface area contributed by atoms with E-state index in [0.717, 1.165) is 18.8 Å². The van der Waals surface area contributed by atoms with Crippen LogP contribution in [0.15, 0.2) is 60.3 Å². The van der Waals surface area contributed by atoms with Gasteiger partial charge in [0, 0.05) is 50.5 Å². The molecule has 160 valence electrons. The molecule has 8 heteroatoms. The van der Waals surface area contributed by atoms with Crippen molar-refractivity contribution in [1.29, 1.82) is 0 Å². The average molecular weight is 420 g/mol. The molecule has 8 nitrogen and oxygen atoms in total. The van der Waals surface area contributed by atoms with Crippen LogP contribution in [0.1, 0.15) is 18.9 Å². The van der Waals surface area contributed by atoms with Crippen molar-refractivity contribution in [1.82, 2.24) is 9.80 Å². The van der Waals surface area contributed by atoms with Gasteiger partial charge in [0.2, 0.25) is 0 Å². The maximum absolute atomic E-state index is 13.2. The lowest BCUT2D eigenvalue weighted by molar-refractivity contribution is -0.384. The highest BCUT2D eigenvalue weighted by atomic mass is 16.6. The Labute approximate surface area is 180 Å². The van der Waals surface area contributed by atoms with E-state index in [1.165, 1.54) is 17.0 Å². The Morgan fingerprint density at radius 3 is 2.06 bits per heavy atom. The second kappa shape index (κ2) is 8.59. The van der Waals surface area contributed by atoms with E-state index >= 15 is 0 Å². The van der Waals surface area contributed by atoms with Gasteiger partial charge in [0.25, 0.3) is 17.5 Å². The predicted octanol–water partition coefficient (Wildman–Crippen LogP) is 2.91. The molecule has 0 radical (unpaired) electrons. The first-order chi connectivity index (χ1) is 15.0. The third-order valence-corrected chi connectivity index (χ3v) is 5.67. The number of anilines is 1. The van der Waals surface area contributed by atoms with E-state index in [0.29, 0.717) is 42.9 Å². The number of para-hydroxylation sites is 1. The van der Waals surface area contributed by atoms with Gasteiger partial charge in [-0.05, 0) is 36.2 Å². The number of imide groups is 1. The van der Waals surface area contributed by atoms with Crippen LogP contribution in [0.4, 0.5) is 11.4 Å². The van der Waals surface area contributed by atoms with Gasteiger partial charge in [-0.1, -0.05) is 25.1 Å². The maximum atomic E-state index is 13.2. The highest BCUT2D eigenvalue weighted by Gasteiger charge is 2.41. The number of hydrogen-bond donors (Lipinski definition) is 0. The van der Waals surface area contributed by atoms with Gasteiger partial charge in [0.15, 0.2) is 0 Å². The lowest BCUT2D eigenvalue weighted by atomic mass is 10.0. The molecule has 0 N–H and O–H groups in total. The van der Waals surface area contributed by atoms with Gasteiger partial charge in [-0.25, -0.2) is 0 Å². The lowest BCUT2D eigenvalue weighted by Crippen LogP contribution is -2.47. The van der Waals surface area contributed by atoms with E-state index in [-0.39, 0.29) is 17.5 Å². The molecule has 0 aromatic heterocycles. The topological polar surface area (TPSA) is 87.0 Å². The van der Waals surface area contributed by atoms with Crippen LogP contribution in [0, 0.1) is 10.1 Å². The number of nitrogens with zero attached hydrogens (tertiary/aromatic N) is 4. The fourth-order valence-electron chi connectivity index (χ4n) is 4.12. The van der Waals surface area contributed by atoms with Gasteiger partial charge in [0.1, 0.15) is 5.70 Å². The monoisotopic (exact) mass is 420 g/mol. The number of piperazine rings is 1. The Morgan fingerprint density at radius 2 is 1.48 bits per heavy atom. The number of carbonyl (C=O) groups is 2. The van der Waals surface area contributed by atoms with Crippen LogP contribution < -0.4 is 4.90 Å². The molecule has 1 fully saturated rings. The van der Waals surface area contributed by atoms with E-state index < -0.39 is 4.92 Å². The summed E-state index contributed by atoms with van der Waals surface area (Å²) in [5.74, 6) is -0.616. The normalized spacial score (nSPS) is 17.0. The van der Waals surface area contributed by atoms with Crippen LogP contribution in [0.3, 0.4) is 0 Å². The third kappa shape index (κ3) is 3.88. The molecular formula is C23H24N4O4. The number of nitro groups is 1. The van der Waals surface area contributed by atoms with Gasteiger partial charge in [-0.2, -0.15) is 0 Å². The van der Waals surface area contributed by atoms with Crippen molar-refractivity contribution in [3.63, 3.8) is 0 Å². The maximum Gasteiger partial charge on any atom is 0.277 e. The van der Waals surface area contributed by atoms with Crippen molar-refractivity contribution in [2.75, 3.05) is 37.6 Å². The van der Waals surface area contributed by atoms with Gasteiger partial charge in [0.05, 0.1) is 10.5 Å². The Balaban J connectivity index is 1.65. The first-order valence-electron chi connectivity index (χ1n) is 10.4. The van der Waals surface area contributed by atoms with E-state index in [9.17, 15) is 19.7 Å². The first-order valence-corrected chi connectivity index (χ1v) is 10.4. The molecule has 2 aliphatic rings. The molecule has 0 atom stereocenters. The van der Waals surface area contributed by atoms with Gasteiger partial charge in [-0.15, -0.1) is 0 Å². The summed E-state index contributed by atoms with van der Waals surface area (Å²) in [5, 5.41) is 11.0. The minimum atomic E-state index is -0.479. The van der Waals surface area contributed by atoms with Gasteiger partial charge < -0.3 is 9.80 Å². The van der Waals surface area contributed by atoms with Crippen LogP contribution in [-0.4, -0.2) is 59.3 Å². The molecule has 2 aromatic rings. The summed E-state index contributed by atoms with van der Waals surface area (Å²) in [7, 11) is 0. The summed E-state index contributed by atoms with van der Waals surface area (Å²) in [6, 6.07) is 15.9. The summed E-state index contributed by atoms with van der Waals surface area (Å²) in [5.41, 5.74) is 2.35. The van der Waals surface area contributed by atoms with Crippen molar-refractivity contribution < 1.29 is 14.5 Å². The third-order valence-electron chi connectivity index (χ3n) is 5.67. The van der Waals surface area contributed by atoms with E-state index in [1.54, 1.807) is 12.1 Å². The van der Waals surface area contributed by atoms with Crippen LogP contribution in [-0.2, 0) is 9.59 Å². The van der Waals surface area contributed by atoms with Crippen molar-refractivity contribution in [3.8, 4) is 0 Å². The molecule has 0 aliphatic carbocycles. The summed E-state index contributed by atoms with van der Waals surface area (Å²) >= 11 is 0. The van der Waals surface area contributed by atoms with E-state index in [4.69, 9.17) is 0 Å². The SMILES string of the molecule is CCCN1C(=O)C(c2ccc([N+](=O)[O-])cc2)=C(N2CCN(c3ccccc3)CC2)C1=O. The van der Waals surface area contributed by atoms with E-state index in [2.05, 4.69) is 17.0 Å². The van der Waals surface area contributed by atoms with Crippen molar-refractivity contribution >= 4 is 28.8 Å². The molecule has 31 heavy (non-hydrogen) atoms. The zero-order valence-electron chi connectivity index (χ0n) is 17.4. The van der Waals surface area contributed by atoms with Crippen LogP contribution in [0.2, 0.25) is 0 Å². The molecule has 2 amide bonds. The zero-order chi connectivity index (χ0) is 22.0. The zero-order valence-corrected chi connectivity index (χ0v) is 17.4. The Morgan fingerprint density at radius 1 is 0.871 bits per heavy atom. The molecule has 0 spiro atoms. The Hall–Kier alpha value is -3.68. The molecule has 2 aromatic carbocycles. The number of non-ortho nitro benzene ring substituents is 1. The fourth-order valence-corrected chi connectivity index (χ4v) is 4.12. The smallest absolute Gasteiger partial charge is 0.277 e. The van der Waals surface area contributed by atoms with Gasteiger partial charge in [-0.3, -0.25) is 24.6 Å². The van der Waals surface area contributed by atoms with Crippen LogP contribution in [0.5, 0.6) is 0 Å². The van der Waals surface area contributed by atoms with Crippen molar-refractivity contribution in [2.45, 2.75) is 13.3 Å². The number of hydrogen-bond acceptors (Lipinski definition) is 6. The average Bonchev–Trinajstić information content (AvgIpc) is 3.05. The summed E-state index contributed by atoms with van der Waals surface area (Å²) in [6.07, 6.45) is 0.667. The second-order valence-corrected chi connectivity index (χ2v) is 7.60. The molecule has 0 bridgehead atoms. The van der Waals surface area contributed by atoms with Crippen LogP contribution in [0.25, 0.3) is 5.57 Å². The molecule has 0 saturated carbocycles. The number of benzene rings is 2. The Bertz CT molecular complexity index is 1030. The minimum absolute atomic E-state index is 0.0513. The van der Waals surface area contributed by atoms with E-state index in [1.807, 2.05) is 30.0 Å². The largest absolute Gasteiger partial charge is 0.368 e. The molecule has 2 heterocycles. The predicted molar refractivity (Wildman–Crippen MR) is 117 cm³/mol. The van der Waals surface area contributed by atoms with Crippen molar-refractivity contribution in [3.05, 3.63) is 76.0 Å². The number of amides is 2. The Kier molecular flexibility index (Phi) is 5.70. The van der Waals surface area contributed by atoms with Crippen LogP contribution >= 0.6 is 0 Å². The molecule has 2 aliphatic heterocycles. The summed E-state index contributed by atoms with van der Waals surface area (Å²) in [6.45, 7) is 4.95. The summed E-state index contributed by atoms with van der Waals surface area (Å²) in [4.78, 5) is 42.4. The second-order valence-electron chi connectivity index (χ2n) is 7.60. The number of carbonyl (C=O) groups excluding carboxylic acids is 2. The van der Waals surface area contributed by atoms with Crippen molar-refractivity contribution in [2.24, 2.45) is 0 Å². The fraction of sp³-hybridized carbons (Fsp3) is 0.304. The molecular weight excluding hydrogens is 396 g/mol. The number of nitro benzene ring substituents is 1. The standard InChI is InChI=1S/C23H24N4O4/c1-2-12-26-22(28)20(17-8-10-19(11-9-17)27(30)31)21(23(26)29)25-15-13-24(14-16-25)18-6-4-3-5-7-18/h3-11H,2,12-16H2,1H3. The number of rotatable bonds is 6. The summed E-state index contributed by atoms with van der Waals surface area (Å²) < 4.78 is 0. The molecule has 1 saturated heterocycles. The first kappa shape index (κ1) is 20.6. The van der Waals surface area contributed by atoms with Gasteiger partial charge >= 0.3 is 0 Å². The lowest BCUT2D eigenvalue weighted by Gasteiger charge is -2.37. The minimum Gasteiger partial charge on any atom is -0.368 e. The molecule has 4 rings (SSSR count).